The van der Waals surface area contributed by atoms with E-state index in [1.54, 1.807) is 23.1 Å². The summed E-state index contributed by atoms with van der Waals surface area (Å²) >= 11 is 3.33. The Morgan fingerprint density at radius 1 is 1.20 bits per heavy atom. The van der Waals surface area contributed by atoms with Crippen molar-refractivity contribution in [3.63, 3.8) is 0 Å². The zero-order valence-electron chi connectivity index (χ0n) is 14.5. The fourth-order valence-corrected chi connectivity index (χ4v) is 4.28. The molecule has 0 radical (unpaired) electrons. The molecule has 1 heterocycles. The Bertz CT molecular complexity index is 843. The Balaban J connectivity index is 1.50. The molecule has 0 saturated heterocycles. The minimum atomic E-state index is 0.0387. The van der Waals surface area contributed by atoms with Crippen LogP contribution in [0.25, 0.3) is 10.2 Å². The molecule has 0 atom stereocenters. The van der Waals surface area contributed by atoms with Crippen molar-refractivity contribution in [1.29, 1.82) is 0 Å². The van der Waals surface area contributed by atoms with Crippen molar-refractivity contribution in [2.24, 2.45) is 0 Å². The molecule has 0 saturated carbocycles. The lowest BCUT2D eigenvalue weighted by molar-refractivity contribution is -0.116. The van der Waals surface area contributed by atoms with E-state index < -0.39 is 0 Å². The largest absolute Gasteiger partial charge is 0.302 e. The van der Waals surface area contributed by atoms with Gasteiger partial charge in [-0.3, -0.25) is 4.79 Å². The van der Waals surface area contributed by atoms with E-state index in [1.807, 2.05) is 24.3 Å². The number of fused-ring (bicyclic) bond motifs is 1. The van der Waals surface area contributed by atoms with Gasteiger partial charge in [0.05, 0.1) is 10.2 Å². The summed E-state index contributed by atoms with van der Waals surface area (Å²) in [6.07, 6.45) is 1.38. The van der Waals surface area contributed by atoms with Crippen LogP contribution in [0.4, 0.5) is 5.13 Å². The van der Waals surface area contributed by atoms with Gasteiger partial charge in [-0.25, -0.2) is 4.98 Å². The second kappa shape index (κ2) is 8.50. The standard InChI is InChI=1S/C20H22N2OS2/c1-14(2)15-10-11-17-18(13-15)25-20(21-17)22-19(23)9-6-12-24-16-7-4-3-5-8-16/h3-5,7-8,10-11,13-14H,6,9,12H2,1-2H3,(H,21,22,23). The Morgan fingerprint density at radius 2 is 2.00 bits per heavy atom. The van der Waals surface area contributed by atoms with Crippen LogP contribution in [-0.2, 0) is 4.79 Å². The van der Waals surface area contributed by atoms with Gasteiger partial charge in [0.25, 0.3) is 0 Å². The van der Waals surface area contributed by atoms with Gasteiger partial charge in [-0.1, -0.05) is 49.4 Å². The van der Waals surface area contributed by atoms with E-state index in [4.69, 9.17) is 0 Å². The molecular weight excluding hydrogens is 348 g/mol. The highest BCUT2D eigenvalue weighted by atomic mass is 32.2. The summed E-state index contributed by atoms with van der Waals surface area (Å²) in [5.74, 6) is 1.47. The van der Waals surface area contributed by atoms with E-state index in [-0.39, 0.29) is 5.91 Å². The van der Waals surface area contributed by atoms with Crippen molar-refractivity contribution < 1.29 is 4.79 Å². The lowest BCUT2D eigenvalue weighted by Gasteiger charge is -2.03. The number of benzene rings is 2. The Hall–Kier alpha value is -1.85. The molecule has 0 aliphatic heterocycles. The lowest BCUT2D eigenvalue weighted by atomic mass is 10.0. The van der Waals surface area contributed by atoms with Gasteiger partial charge in [-0.05, 0) is 47.9 Å². The average Bonchev–Trinajstić information content (AvgIpc) is 3.00. The lowest BCUT2D eigenvalue weighted by Crippen LogP contribution is -2.11. The molecule has 0 aliphatic carbocycles. The van der Waals surface area contributed by atoms with Crippen molar-refractivity contribution in [3.05, 3.63) is 54.1 Å². The van der Waals surface area contributed by atoms with Crippen LogP contribution in [0.1, 0.15) is 38.2 Å². The summed E-state index contributed by atoms with van der Waals surface area (Å²) in [5, 5.41) is 3.63. The van der Waals surface area contributed by atoms with Crippen LogP contribution in [0.3, 0.4) is 0 Å². The van der Waals surface area contributed by atoms with E-state index in [0.29, 0.717) is 17.5 Å². The first-order valence-electron chi connectivity index (χ1n) is 8.50. The number of hydrogen-bond acceptors (Lipinski definition) is 4. The van der Waals surface area contributed by atoms with Gasteiger partial charge in [0, 0.05) is 11.3 Å². The molecule has 0 aliphatic rings. The number of rotatable bonds is 7. The minimum Gasteiger partial charge on any atom is -0.302 e. The van der Waals surface area contributed by atoms with Crippen LogP contribution in [0, 0.1) is 0 Å². The van der Waals surface area contributed by atoms with E-state index in [1.165, 1.54) is 10.5 Å². The van der Waals surface area contributed by atoms with Crippen LogP contribution in [0.5, 0.6) is 0 Å². The van der Waals surface area contributed by atoms with E-state index in [9.17, 15) is 4.79 Å². The number of aromatic nitrogens is 1. The fourth-order valence-electron chi connectivity index (χ4n) is 2.48. The smallest absolute Gasteiger partial charge is 0.226 e. The number of thiazole rings is 1. The number of nitrogens with one attached hydrogen (secondary N) is 1. The summed E-state index contributed by atoms with van der Waals surface area (Å²) in [6.45, 7) is 4.36. The quantitative estimate of drug-likeness (QED) is 0.414. The molecule has 0 unspecified atom stereocenters. The van der Waals surface area contributed by atoms with Crippen molar-refractivity contribution >= 4 is 44.4 Å². The number of carbonyl (C=O) groups excluding carboxylic acids is 1. The van der Waals surface area contributed by atoms with Gasteiger partial charge in [0.15, 0.2) is 5.13 Å². The van der Waals surface area contributed by atoms with E-state index in [0.717, 1.165) is 22.4 Å². The number of thioether (sulfide) groups is 1. The SMILES string of the molecule is CC(C)c1ccc2nc(NC(=O)CCCSc3ccccc3)sc2c1. The Morgan fingerprint density at radius 3 is 2.76 bits per heavy atom. The molecule has 0 fully saturated rings. The Labute approximate surface area is 156 Å². The van der Waals surface area contributed by atoms with Crippen LogP contribution in [0.15, 0.2) is 53.4 Å². The third-order valence-corrected chi connectivity index (χ3v) is 5.92. The molecule has 3 nitrogen and oxygen atoms in total. The van der Waals surface area contributed by atoms with Gasteiger partial charge in [-0.15, -0.1) is 11.8 Å². The molecule has 2 aromatic carbocycles. The van der Waals surface area contributed by atoms with Crippen molar-refractivity contribution in [2.75, 3.05) is 11.1 Å². The van der Waals surface area contributed by atoms with Crippen molar-refractivity contribution in [2.45, 2.75) is 37.5 Å². The van der Waals surface area contributed by atoms with Crippen LogP contribution >= 0.6 is 23.1 Å². The first-order chi connectivity index (χ1) is 12.1. The summed E-state index contributed by atoms with van der Waals surface area (Å²) in [7, 11) is 0. The normalized spacial score (nSPS) is 11.2. The number of anilines is 1. The van der Waals surface area contributed by atoms with Crippen molar-refractivity contribution in [1.82, 2.24) is 4.98 Å². The molecule has 3 rings (SSSR count). The van der Waals surface area contributed by atoms with Crippen LogP contribution < -0.4 is 5.32 Å². The molecule has 0 bridgehead atoms. The molecule has 1 aromatic heterocycles. The molecule has 130 valence electrons. The topological polar surface area (TPSA) is 42.0 Å². The molecule has 1 N–H and O–H groups in total. The van der Waals surface area contributed by atoms with Gasteiger partial charge in [0.2, 0.25) is 5.91 Å². The first-order valence-corrected chi connectivity index (χ1v) is 10.3. The first kappa shape index (κ1) is 18.0. The monoisotopic (exact) mass is 370 g/mol. The molecule has 25 heavy (non-hydrogen) atoms. The third kappa shape index (κ3) is 5.06. The van der Waals surface area contributed by atoms with Crippen LogP contribution in [-0.4, -0.2) is 16.6 Å². The highest BCUT2D eigenvalue weighted by Gasteiger charge is 2.09. The van der Waals surface area contributed by atoms with Gasteiger partial charge < -0.3 is 5.32 Å². The average molecular weight is 371 g/mol. The maximum atomic E-state index is 12.1. The molecule has 5 heteroatoms. The zero-order valence-corrected chi connectivity index (χ0v) is 16.1. The maximum Gasteiger partial charge on any atom is 0.226 e. The highest BCUT2D eigenvalue weighted by Crippen LogP contribution is 2.29. The fraction of sp³-hybridized carbons (Fsp3) is 0.300. The van der Waals surface area contributed by atoms with Gasteiger partial charge >= 0.3 is 0 Å². The summed E-state index contributed by atoms with van der Waals surface area (Å²) < 4.78 is 1.13. The van der Waals surface area contributed by atoms with Gasteiger partial charge in [-0.2, -0.15) is 0 Å². The molecular formula is C20H22N2OS2. The molecule has 3 aromatic rings. The minimum absolute atomic E-state index is 0.0387. The van der Waals surface area contributed by atoms with Gasteiger partial charge in [0.1, 0.15) is 0 Å². The van der Waals surface area contributed by atoms with Crippen LogP contribution in [0.2, 0.25) is 0 Å². The molecule has 1 amide bonds. The third-order valence-electron chi connectivity index (χ3n) is 3.89. The number of hydrogen-bond donors (Lipinski definition) is 1. The van der Waals surface area contributed by atoms with E-state index in [2.05, 4.69) is 48.4 Å². The highest BCUT2D eigenvalue weighted by molar-refractivity contribution is 7.99. The summed E-state index contributed by atoms with van der Waals surface area (Å²) in [6, 6.07) is 16.6. The second-order valence-corrected chi connectivity index (χ2v) is 8.41. The van der Waals surface area contributed by atoms with Crippen molar-refractivity contribution in [3.8, 4) is 0 Å². The van der Waals surface area contributed by atoms with E-state index >= 15 is 0 Å². The zero-order chi connectivity index (χ0) is 17.6. The predicted molar refractivity (Wildman–Crippen MR) is 109 cm³/mol. The summed E-state index contributed by atoms with van der Waals surface area (Å²) in [5.41, 5.74) is 2.25. The Kier molecular flexibility index (Phi) is 6.10. The maximum absolute atomic E-state index is 12.1. The number of nitrogens with zero attached hydrogens (tertiary/aromatic N) is 1. The number of carbonyl (C=O) groups is 1. The summed E-state index contributed by atoms with van der Waals surface area (Å²) in [4.78, 5) is 17.9. The second-order valence-electron chi connectivity index (χ2n) is 6.21. The number of amides is 1. The molecule has 0 spiro atoms. The predicted octanol–water partition coefficient (Wildman–Crippen LogP) is 5.93.